The number of nitrogens with one attached hydrogen (secondary N) is 1. The normalized spacial score (nSPS) is 21.3. The second-order valence-electron chi connectivity index (χ2n) is 4.54. The maximum Gasteiger partial charge on any atom is 0.302 e. The predicted molar refractivity (Wildman–Crippen MR) is 79.9 cm³/mol. The van der Waals surface area contributed by atoms with Crippen LogP contribution < -0.4 is 4.72 Å². The Balaban J connectivity index is 2.16. The fourth-order valence-corrected chi connectivity index (χ4v) is 4.35. The van der Waals surface area contributed by atoms with E-state index in [9.17, 15) is 8.42 Å². The van der Waals surface area contributed by atoms with Crippen LogP contribution in [0.1, 0.15) is 19.8 Å². The van der Waals surface area contributed by atoms with Crippen LogP contribution >= 0.6 is 31.9 Å². The Morgan fingerprint density at radius 3 is 2.84 bits per heavy atom. The summed E-state index contributed by atoms with van der Waals surface area (Å²) in [5.74, 6) is 0.575. The highest BCUT2D eigenvalue weighted by Crippen LogP contribution is 2.23. The minimum absolute atomic E-state index is 0.196. The van der Waals surface area contributed by atoms with Gasteiger partial charge in [0.25, 0.3) is 0 Å². The molecule has 1 aromatic rings. The van der Waals surface area contributed by atoms with E-state index >= 15 is 0 Å². The van der Waals surface area contributed by atoms with E-state index in [2.05, 4.69) is 53.5 Å². The summed E-state index contributed by atoms with van der Waals surface area (Å²) in [7, 11) is -3.57. The first-order valence-electron chi connectivity index (χ1n) is 5.84. The van der Waals surface area contributed by atoms with Gasteiger partial charge in [0, 0.05) is 13.1 Å². The third-order valence-electron chi connectivity index (χ3n) is 2.89. The van der Waals surface area contributed by atoms with Gasteiger partial charge in [-0.2, -0.15) is 12.7 Å². The van der Waals surface area contributed by atoms with Crippen LogP contribution in [0.2, 0.25) is 0 Å². The predicted octanol–water partition coefficient (Wildman–Crippen LogP) is 2.39. The minimum atomic E-state index is -3.57. The Kier molecular flexibility index (Phi) is 4.80. The van der Waals surface area contributed by atoms with Crippen LogP contribution in [-0.2, 0) is 10.2 Å². The number of anilines is 1. The molecule has 0 aromatic carbocycles. The molecule has 0 amide bonds. The first-order chi connectivity index (χ1) is 8.88. The molecule has 1 unspecified atom stereocenters. The molecule has 1 fully saturated rings. The van der Waals surface area contributed by atoms with E-state index in [0.29, 0.717) is 28.2 Å². The van der Waals surface area contributed by atoms with Crippen molar-refractivity contribution < 1.29 is 8.42 Å². The third-order valence-corrected chi connectivity index (χ3v) is 5.28. The van der Waals surface area contributed by atoms with E-state index in [1.165, 1.54) is 10.5 Å². The molecule has 9 heteroatoms. The summed E-state index contributed by atoms with van der Waals surface area (Å²) in [6, 6.07) is 0. The van der Waals surface area contributed by atoms with Crippen molar-refractivity contribution in [1.29, 1.82) is 0 Å². The van der Waals surface area contributed by atoms with Crippen LogP contribution in [0.15, 0.2) is 15.4 Å². The molecule has 1 saturated heterocycles. The topological polar surface area (TPSA) is 75.2 Å². The van der Waals surface area contributed by atoms with Crippen molar-refractivity contribution in [2.45, 2.75) is 19.8 Å². The second-order valence-corrected chi connectivity index (χ2v) is 7.78. The summed E-state index contributed by atoms with van der Waals surface area (Å²) in [6.45, 7) is 3.13. The van der Waals surface area contributed by atoms with Crippen LogP contribution in [0, 0.1) is 5.92 Å². The molecule has 106 valence electrons. The van der Waals surface area contributed by atoms with E-state index < -0.39 is 10.2 Å². The van der Waals surface area contributed by atoms with Gasteiger partial charge in [-0.1, -0.05) is 6.92 Å². The first kappa shape index (κ1) is 15.1. The van der Waals surface area contributed by atoms with Crippen LogP contribution in [0.3, 0.4) is 0 Å². The zero-order valence-electron chi connectivity index (χ0n) is 10.3. The van der Waals surface area contributed by atoms with E-state index in [1.54, 1.807) is 0 Å². The van der Waals surface area contributed by atoms with Crippen LogP contribution in [0.4, 0.5) is 5.82 Å². The fourth-order valence-electron chi connectivity index (χ4n) is 1.97. The van der Waals surface area contributed by atoms with Gasteiger partial charge in [0.05, 0.1) is 6.20 Å². The van der Waals surface area contributed by atoms with Gasteiger partial charge >= 0.3 is 10.2 Å². The molecule has 2 rings (SSSR count). The molecule has 1 atom stereocenters. The Hall–Kier alpha value is -0.250. The number of piperidine rings is 1. The molecule has 0 bridgehead atoms. The fraction of sp³-hybridized carbons (Fsp3) is 0.600. The van der Waals surface area contributed by atoms with Crippen LogP contribution in [0.25, 0.3) is 0 Å². The molecule has 1 N–H and O–H groups in total. The Bertz CT molecular complexity index is 567. The summed E-state index contributed by atoms with van der Waals surface area (Å²) >= 11 is 6.36. The summed E-state index contributed by atoms with van der Waals surface area (Å²) in [4.78, 5) is 8.05. The van der Waals surface area contributed by atoms with Crippen LogP contribution in [0.5, 0.6) is 0 Å². The Labute approximate surface area is 129 Å². The third kappa shape index (κ3) is 3.87. The van der Waals surface area contributed by atoms with Gasteiger partial charge in [-0.25, -0.2) is 9.97 Å². The summed E-state index contributed by atoms with van der Waals surface area (Å²) in [5, 5.41) is 0. The zero-order valence-corrected chi connectivity index (χ0v) is 14.3. The van der Waals surface area contributed by atoms with Crippen molar-refractivity contribution in [3.63, 3.8) is 0 Å². The molecule has 19 heavy (non-hydrogen) atoms. The van der Waals surface area contributed by atoms with E-state index in [0.717, 1.165) is 12.8 Å². The monoisotopic (exact) mass is 412 g/mol. The molecule has 0 aliphatic carbocycles. The van der Waals surface area contributed by atoms with E-state index in [-0.39, 0.29) is 5.82 Å². The zero-order chi connectivity index (χ0) is 14.0. The van der Waals surface area contributed by atoms with Crippen molar-refractivity contribution >= 4 is 47.9 Å². The molecule has 2 heterocycles. The molecule has 1 aliphatic heterocycles. The van der Waals surface area contributed by atoms with E-state index in [1.807, 2.05) is 0 Å². The Morgan fingerprint density at radius 2 is 2.21 bits per heavy atom. The van der Waals surface area contributed by atoms with E-state index in [4.69, 9.17) is 0 Å². The van der Waals surface area contributed by atoms with Crippen molar-refractivity contribution in [1.82, 2.24) is 14.3 Å². The maximum atomic E-state index is 12.3. The largest absolute Gasteiger partial charge is 0.302 e. The highest BCUT2D eigenvalue weighted by Gasteiger charge is 2.27. The number of hydrogen-bond donors (Lipinski definition) is 1. The van der Waals surface area contributed by atoms with Crippen molar-refractivity contribution in [2.24, 2.45) is 5.92 Å². The number of nitrogens with zero attached hydrogens (tertiary/aromatic N) is 3. The number of aromatic nitrogens is 2. The molecular weight excluding hydrogens is 400 g/mol. The number of hydrogen-bond acceptors (Lipinski definition) is 4. The SMILES string of the molecule is CC1CCCN(S(=O)(=O)Nc2ncc(Br)nc2Br)C1. The number of halogens is 2. The van der Waals surface area contributed by atoms with Crippen LogP contribution in [-0.4, -0.2) is 35.8 Å². The smallest absolute Gasteiger partial charge is 0.252 e. The van der Waals surface area contributed by atoms with Gasteiger partial charge in [0.2, 0.25) is 0 Å². The molecule has 0 saturated carbocycles. The van der Waals surface area contributed by atoms with Gasteiger partial charge in [0.15, 0.2) is 10.4 Å². The maximum absolute atomic E-state index is 12.3. The highest BCUT2D eigenvalue weighted by molar-refractivity contribution is 9.11. The lowest BCUT2D eigenvalue weighted by atomic mass is 10.0. The first-order valence-corrected chi connectivity index (χ1v) is 8.87. The molecule has 6 nitrogen and oxygen atoms in total. The molecule has 1 aliphatic rings. The minimum Gasteiger partial charge on any atom is -0.252 e. The summed E-state index contributed by atoms with van der Waals surface area (Å²) in [5.41, 5.74) is 0. The highest BCUT2D eigenvalue weighted by atomic mass is 79.9. The van der Waals surface area contributed by atoms with Gasteiger partial charge in [-0.3, -0.25) is 4.72 Å². The van der Waals surface area contributed by atoms with Crippen molar-refractivity contribution in [3.05, 3.63) is 15.4 Å². The molecule has 0 radical (unpaired) electrons. The van der Waals surface area contributed by atoms with Crippen molar-refractivity contribution in [3.8, 4) is 0 Å². The quantitative estimate of drug-likeness (QED) is 0.825. The summed E-state index contributed by atoms with van der Waals surface area (Å²) in [6.07, 6.45) is 3.39. The van der Waals surface area contributed by atoms with Gasteiger partial charge in [-0.15, -0.1) is 0 Å². The number of rotatable bonds is 3. The lowest BCUT2D eigenvalue weighted by molar-refractivity contribution is 0.282. The molecule has 1 aromatic heterocycles. The second kappa shape index (κ2) is 6.02. The Morgan fingerprint density at radius 1 is 1.47 bits per heavy atom. The van der Waals surface area contributed by atoms with Gasteiger partial charge in [0.1, 0.15) is 4.60 Å². The lowest BCUT2D eigenvalue weighted by Gasteiger charge is -2.29. The average molecular weight is 414 g/mol. The molecule has 0 spiro atoms. The van der Waals surface area contributed by atoms with Gasteiger partial charge < -0.3 is 0 Å². The lowest BCUT2D eigenvalue weighted by Crippen LogP contribution is -2.42. The molecular formula is C10H14Br2N4O2S. The summed E-state index contributed by atoms with van der Waals surface area (Å²) < 4.78 is 29.3. The average Bonchev–Trinajstić information content (AvgIpc) is 2.33. The van der Waals surface area contributed by atoms with Crippen molar-refractivity contribution in [2.75, 3.05) is 17.8 Å². The van der Waals surface area contributed by atoms with Gasteiger partial charge in [-0.05, 0) is 50.6 Å². The standard InChI is InChI=1S/C10H14Br2N4O2S/c1-7-3-2-4-16(6-7)19(17,18)15-10-9(12)14-8(11)5-13-10/h5,7H,2-4,6H2,1H3,(H,13,15).